The highest BCUT2D eigenvalue weighted by molar-refractivity contribution is 7.13. The molecule has 0 unspecified atom stereocenters. The highest BCUT2D eigenvalue weighted by atomic mass is 32.1. The molecule has 1 N–H and O–H groups in total. The monoisotopic (exact) mass is 1190 g/mol. The Morgan fingerprint density at radius 2 is 1.14 bits per heavy atom. The minimum Gasteiger partial charge on any atom is -0.496 e. The number of aryl methyl sites for hydroxylation is 2. The third-order valence-electron chi connectivity index (χ3n) is 15.0. The molecular formula is C63H78N6O13S2. The second-order valence-corrected chi connectivity index (χ2v) is 25.9. The van der Waals surface area contributed by atoms with E-state index < -0.39 is 65.0 Å². The van der Waals surface area contributed by atoms with Gasteiger partial charge in [0, 0.05) is 64.1 Å². The molecule has 0 radical (unpaired) electrons. The highest BCUT2D eigenvalue weighted by Crippen LogP contribution is 2.57. The van der Waals surface area contributed by atoms with E-state index in [2.05, 4.69) is 34.3 Å². The van der Waals surface area contributed by atoms with Gasteiger partial charge in [-0.1, -0.05) is 33.8 Å². The summed E-state index contributed by atoms with van der Waals surface area (Å²) >= 11 is 3.03. The maximum absolute atomic E-state index is 14.0. The van der Waals surface area contributed by atoms with Crippen molar-refractivity contribution in [3.8, 4) is 44.4 Å². The van der Waals surface area contributed by atoms with E-state index >= 15 is 0 Å². The molecule has 84 heavy (non-hydrogen) atoms. The number of likely N-dealkylation sites (tertiary alicyclic amines) is 2. The van der Waals surface area contributed by atoms with E-state index in [9.17, 15) is 29.1 Å². The number of benzene rings is 2. The molecule has 1 saturated carbocycles. The van der Waals surface area contributed by atoms with Gasteiger partial charge < -0.3 is 38.3 Å². The Labute approximate surface area is 499 Å². The first-order chi connectivity index (χ1) is 39.6. The third-order valence-corrected chi connectivity index (χ3v) is 16.8. The number of aliphatic carboxylic acids is 1. The number of nitrogens with zero attached hydrogens (tertiary/aromatic N) is 6. The summed E-state index contributed by atoms with van der Waals surface area (Å²) < 4.78 is 40.7. The van der Waals surface area contributed by atoms with E-state index in [1.165, 1.54) is 32.5 Å². The Bertz CT molecular complexity index is 3470. The average molecular weight is 1190 g/mol. The lowest BCUT2D eigenvalue weighted by atomic mass is 9.92. The van der Waals surface area contributed by atoms with Crippen molar-refractivity contribution < 1.29 is 62.2 Å². The van der Waals surface area contributed by atoms with Gasteiger partial charge in [-0.25, -0.2) is 34.3 Å². The number of aromatic nitrogens is 4. The van der Waals surface area contributed by atoms with E-state index in [1.807, 2.05) is 61.0 Å². The van der Waals surface area contributed by atoms with Crippen LogP contribution in [0, 0.1) is 25.2 Å². The average Bonchev–Trinajstić information content (AvgIpc) is 1.78. The quantitative estimate of drug-likeness (QED) is 0.0508. The zero-order valence-electron chi connectivity index (χ0n) is 50.7. The van der Waals surface area contributed by atoms with Crippen molar-refractivity contribution in [1.82, 2.24) is 29.7 Å². The summed E-state index contributed by atoms with van der Waals surface area (Å²) in [5.74, 6) is 1.18. The Morgan fingerprint density at radius 3 is 1.51 bits per heavy atom. The number of carboxylic acid groups (broad SMARTS) is 1. The molecule has 3 aliphatic rings. The zero-order valence-corrected chi connectivity index (χ0v) is 52.4. The molecular weight excluding hydrogens is 1110 g/mol. The number of pyridine rings is 2. The molecule has 9 rings (SSSR count). The van der Waals surface area contributed by atoms with Crippen molar-refractivity contribution >= 4 is 74.4 Å². The van der Waals surface area contributed by atoms with Crippen LogP contribution in [0.4, 0.5) is 9.59 Å². The molecule has 2 aromatic carbocycles. The fourth-order valence-electron chi connectivity index (χ4n) is 10.5. The van der Waals surface area contributed by atoms with Gasteiger partial charge in [0.25, 0.3) is 0 Å². The van der Waals surface area contributed by atoms with E-state index in [-0.39, 0.29) is 62.5 Å². The normalized spacial score (nSPS) is 20.4. The number of carbonyl (C=O) groups is 5. The molecule has 0 bridgehead atoms. The van der Waals surface area contributed by atoms with E-state index in [4.69, 9.17) is 53.1 Å². The summed E-state index contributed by atoms with van der Waals surface area (Å²) in [7, 11) is 3.23. The van der Waals surface area contributed by atoms with Crippen LogP contribution < -0.4 is 18.9 Å². The van der Waals surface area contributed by atoms with Crippen LogP contribution in [0.1, 0.15) is 136 Å². The smallest absolute Gasteiger partial charge is 0.411 e. The number of ether oxygens (including phenoxy) is 7. The molecule has 19 nitrogen and oxygen atoms in total. The van der Waals surface area contributed by atoms with Gasteiger partial charge in [0.05, 0.1) is 67.8 Å². The molecule has 3 fully saturated rings. The predicted molar refractivity (Wildman–Crippen MR) is 323 cm³/mol. The molecule has 1 aliphatic carbocycles. The molecule has 0 spiro atoms. The van der Waals surface area contributed by atoms with Crippen molar-refractivity contribution in [3.05, 3.63) is 82.3 Å². The van der Waals surface area contributed by atoms with Gasteiger partial charge in [-0.3, -0.25) is 19.4 Å². The largest absolute Gasteiger partial charge is 0.496 e. The minimum atomic E-state index is -1.10. The number of allylic oxidation sites excluding steroid dienone is 1. The van der Waals surface area contributed by atoms with Gasteiger partial charge in [-0.2, -0.15) is 0 Å². The minimum absolute atomic E-state index is 0.0528. The molecule has 2 saturated heterocycles. The topological polar surface area (TPSA) is 228 Å². The number of thiazole rings is 2. The molecule has 450 valence electrons. The summed E-state index contributed by atoms with van der Waals surface area (Å²) in [6, 6.07) is 9.35. The number of hydrogen-bond acceptors (Lipinski definition) is 18. The van der Waals surface area contributed by atoms with Crippen LogP contribution in [0.3, 0.4) is 0 Å². The van der Waals surface area contributed by atoms with Gasteiger partial charge in [0.15, 0.2) is 5.78 Å². The zero-order chi connectivity index (χ0) is 61.3. The van der Waals surface area contributed by atoms with Crippen LogP contribution in [0.2, 0.25) is 0 Å². The first-order valence-corrected chi connectivity index (χ1v) is 30.1. The fraction of sp³-hybridized carbons (Fsp3) is 0.508. The van der Waals surface area contributed by atoms with Gasteiger partial charge in [0.2, 0.25) is 0 Å². The van der Waals surface area contributed by atoms with Crippen molar-refractivity contribution in [2.24, 2.45) is 11.3 Å². The van der Waals surface area contributed by atoms with Crippen molar-refractivity contribution in [2.45, 2.75) is 163 Å². The SMILES string of the molecule is C=C[C@@H]1C[C@]1(CC(=O)[C@@H]1C[C@@H](Oc2cc(-c3nc(C(C)C)cs3)nc3c(C)c(OC)ccc23)CN1C(=O)OC(C)(C)C)C(=O)OCC.COc1ccc2c(O[C@@H]3C[C@@H](C(=O)O)N(C(=O)OC(C)(C)C)C3)cc(-c3nc(C(C)C)cs3)nc2c1C. The van der Waals surface area contributed by atoms with Crippen LogP contribution in [0.5, 0.6) is 23.0 Å². The first-order valence-electron chi connectivity index (χ1n) is 28.3. The Hall–Kier alpha value is -7.39. The standard InChI is InChI=1S/C36H45N3O7S.C27H33N3O6S/c1-10-22-16-36(22,33(41)44-11-2)17-28(40)27-14-23(18-39(27)34(42)46-35(6,7)8)45-30-15-25(32-38-26(19-47-32)20(3)4)37-31-21(5)29(43-9)13-12-24(30)31;1-14(2)19-13-37-24(29-19)18-11-22(17-8-9-21(34-7)15(3)23(17)28-18)35-16-10-20(25(31)32)30(12-16)26(33)36-27(4,5)6/h10,12-13,15,19-20,22-23,27H,1,11,14,16-18H2,2-9H3;8-9,11,13-14,16,20H,10,12H2,1-7H3,(H,31,32)/t22-,23-,27+,36-;16-,20+/m11/s1. The van der Waals surface area contributed by atoms with Gasteiger partial charge in [-0.05, 0) is 111 Å². The lowest BCUT2D eigenvalue weighted by Crippen LogP contribution is -2.44. The number of amides is 2. The van der Waals surface area contributed by atoms with Crippen LogP contribution in [0.25, 0.3) is 43.2 Å². The van der Waals surface area contributed by atoms with E-state index in [1.54, 1.807) is 68.8 Å². The van der Waals surface area contributed by atoms with Crippen LogP contribution in [0.15, 0.2) is 59.8 Å². The number of hydrogen-bond donors (Lipinski definition) is 1. The number of carboxylic acids is 1. The van der Waals surface area contributed by atoms with E-state index in [0.717, 1.165) is 43.3 Å². The van der Waals surface area contributed by atoms with Crippen LogP contribution in [-0.4, -0.2) is 134 Å². The molecule has 6 atom stereocenters. The fourth-order valence-corrected chi connectivity index (χ4v) is 12.4. The maximum Gasteiger partial charge on any atom is 0.411 e. The summed E-state index contributed by atoms with van der Waals surface area (Å²) in [4.78, 5) is 87.3. The van der Waals surface area contributed by atoms with Gasteiger partial charge >= 0.3 is 24.1 Å². The number of rotatable bonds is 17. The van der Waals surface area contributed by atoms with Crippen molar-refractivity contribution in [2.75, 3.05) is 33.9 Å². The second-order valence-electron chi connectivity index (χ2n) is 24.2. The summed E-state index contributed by atoms with van der Waals surface area (Å²) in [6.45, 7) is 28.9. The van der Waals surface area contributed by atoms with Crippen LogP contribution in [-0.2, 0) is 28.6 Å². The lowest BCUT2D eigenvalue weighted by molar-refractivity contribution is -0.152. The molecule has 2 aliphatic heterocycles. The molecule has 6 heterocycles. The Morgan fingerprint density at radius 1 is 0.702 bits per heavy atom. The lowest BCUT2D eigenvalue weighted by Gasteiger charge is -2.28. The van der Waals surface area contributed by atoms with Gasteiger partial charge in [0.1, 0.15) is 73.9 Å². The number of ketones is 1. The number of fused-ring (bicyclic) bond motifs is 2. The van der Waals surface area contributed by atoms with Crippen molar-refractivity contribution in [1.29, 1.82) is 0 Å². The maximum atomic E-state index is 14.0. The molecule has 6 aromatic rings. The summed E-state index contributed by atoms with van der Waals surface area (Å²) in [6.07, 6.45) is 0.156. The molecule has 4 aromatic heterocycles. The summed E-state index contributed by atoms with van der Waals surface area (Å²) in [5, 5.41) is 16.9. The van der Waals surface area contributed by atoms with E-state index in [0.29, 0.717) is 51.8 Å². The van der Waals surface area contributed by atoms with Gasteiger partial charge in [-0.15, -0.1) is 29.3 Å². The second kappa shape index (κ2) is 25.1. The third kappa shape index (κ3) is 13.7. The number of Topliss-reactive ketones (excluding diaryl/α,β-unsaturated/α-hetero) is 1. The number of esters is 1. The first kappa shape index (κ1) is 62.7. The summed E-state index contributed by atoms with van der Waals surface area (Å²) in [5.41, 5.74) is 3.97. The molecule has 2 amide bonds. The highest BCUT2D eigenvalue weighted by Gasteiger charge is 2.61. The van der Waals surface area contributed by atoms with Crippen LogP contribution >= 0.6 is 22.7 Å². The predicted octanol–water partition coefficient (Wildman–Crippen LogP) is 12.9. The Balaban J connectivity index is 0.000000225. The Kier molecular flexibility index (Phi) is 18.7. The number of methoxy groups -OCH3 is 2. The van der Waals surface area contributed by atoms with Crippen molar-refractivity contribution in [3.63, 3.8) is 0 Å². The number of carbonyl (C=O) groups excluding carboxylic acids is 4. The molecule has 21 heteroatoms.